The van der Waals surface area contributed by atoms with Crippen LogP contribution in [0.5, 0.6) is 0 Å². The zero-order valence-electron chi connectivity index (χ0n) is 9.33. The Morgan fingerprint density at radius 1 is 1.22 bits per heavy atom. The number of nitrogens with one attached hydrogen (secondary N) is 1. The normalized spacial score (nSPS) is 10.4. The fraction of sp³-hybridized carbons (Fsp3) is 0.167. The lowest BCUT2D eigenvalue weighted by molar-refractivity contribution is 0.555. The van der Waals surface area contributed by atoms with Gasteiger partial charge in [0, 0.05) is 22.8 Å². The summed E-state index contributed by atoms with van der Waals surface area (Å²) in [6, 6.07) is 4.19. The van der Waals surface area contributed by atoms with Gasteiger partial charge < -0.3 is 5.32 Å². The summed E-state index contributed by atoms with van der Waals surface area (Å²) in [5.41, 5.74) is 0.0692. The van der Waals surface area contributed by atoms with Crippen LogP contribution in [-0.2, 0) is 6.42 Å². The van der Waals surface area contributed by atoms with Crippen molar-refractivity contribution in [1.29, 1.82) is 0 Å². The first kappa shape index (κ1) is 12.9. The van der Waals surface area contributed by atoms with Gasteiger partial charge in [0.05, 0.1) is 0 Å². The number of hydrogen-bond acceptors (Lipinski definition) is 3. The largest absolute Gasteiger partial charge is 0.370 e. The van der Waals surface area contributed by atoms with Gasteiger partial charge in [-0.05, 0) is 24.6 Å². The predicted molar refractivity (Wildman–Crippen MR) is 68.3 cm³/mol. The van der Waals surface area contributed by atoms with Crippen molar-refractivity contribution in [3.63, 3.8) is 0 Å². The summed E-state index contributed by atoms with van der Waals surface area (Å²) in [6.45, 7) is 0.395. The minimum atomic E-state index is -0.550. The number of aromatic nitrogens is 2. The van der Waals surface area contributed by atoms with E-state index in [0.717, 1.165) is 0 Å². The first-order valence-corrected chi connectivity index (χ1v) is 6.09. The number of hydrogen-bond donors (Lipinski definition) is 1. The van der Waals surface area contributed by atoms with Crippen molar-refractivity contribution in [3.05, 3.63) is 52.4 Å². The standard InChI is InChI=1S/C12H10BrF2N3/c13-8-5-10(14)9(11(15)6-8)1-4-17-12-2-3-16-7-18-12/h2-3,5-7H,1,4H2,(H,16,17,18). The lowest BCUT2D eigenvalue weighted by atomic mass is 10.1. The summed E-state index contributed by atoms with van der Waals surface area (Å²) in [7, 11) is 0. The summed E-state index contributed by atoms with van der Waals surface area (Å²) in [5.74, 6) is -0.472. The van der Waals surface area contributed by atoms with Crippen LogP contribution in [0.1, 0.15) is 5.56 Å². The van der Waals surface area contributed by atoms with E-state index in [1.54, 1.807) is 12.3 Å². The SMILES string of the molecule is Fc1cc(Br)cc(F)c1CCNc1ccncn1. The lowest BCUT2D eigenvalue weighted by Gasteiger charge is -2.07. The average molecular weight is 314 g/mol. The number of nitrogens with zero attached hydrogens (tertiary/aromatic N) is 2. The number of benzene rings is 1. The lowest BCUT2D eigenvalue weighted by Crippen LogP contribution is -2.09. The number of anilines is 1. The Bertz CT molecular complexity index is 511. The molecule has 0 atom stereocenters. The molecule has 0 radical (unpaired) electrons. The van der Waals surface area contributed by atoms with Crippen LogP contribution in [0, 0.1) is 11.6 Å². The van der Waals surface area contributed by atoms with Gasteiger partial charge in [0.25, 0.3) is 0 Å². The van der Waals surface area contributed by atoms with Gasteiger partial charge in [-0.15, -0.1) is 0 Å². The van der Waals surface area contributed by atoms with Crippen LogP contribution >= 0.6 is 15.9 Å². The first-order chi connectivity index (χ1) is 8.66. The Morgan fingerprint density at radius 2 is 1.94 bits per heavy atom. The summed E-state index contributed by atoms with van der Waals surface area (Å²) in [4.78, 5) is 7.72. The molecule has 3 nitrogen and oxygen atoms in total. The molecule has 0 aliphatic carbocycles. The second-order valence-corrected chi connectivity index (χ2v) is 4.54. The van der Waals surface area contributed by atoms with Crippen LogP contribution in [0.2, 0.25) is 0 Å². The van der Waals surface area contributed by atoms with Gasteiger partial charge >= 0.3 is 0 Å². The van der Waals surface area contributed by atoms with Crippen molar-refractivity contribution in [1.82, 2.24) is 9.97 Å². The summed E-state index contributed by atoms with van der Waals surface area (Å²) < 4.78 is 27.4. The highest BCUT2D eigenvalue weighted by Gasteiger charge is 2.09. The third kappa shape index (κ3) is 3.22. The fourth-order valence-electron chi connectivity index (χ4n) is 1.52. The highest BCUT2D eigenvalue weighted by Crippen LogP contribution is 2.19. The summed E-state index contributed by atoms with van der Waals surface area (Å²) in [6.07, 6.45) is 3.24. The van der Waals surface area contributed by atoms with E-state index in [0.29, 0.717) is 16.8 Å². The molecule has 18 heavy (non-hydrogen) atoms. The monoisotopic (exact) mass is 313 g/mol. The molecule has 0 spiro atoms. The van der Waals surface area contributed by atoms with Gasteiger partial charge in [0.15, 0.2) is 0 Å². The van der Waals surface area contributed by atoms with E-state index < -0.39 is 11.6 Å². The van der Waals surface area contributed by atoms with E-state index >= 15 is 0 Å². The Labute approximate surface area is 111 Å². The zero-order valence-corrected chi connectivity index (χ0v) is 10.9. The molecule has 0 amide bonds. The van der Waals surface area contributed by atoms with Crippen LogP contribution in [0.25, 0.3) is 0 Å². The van der Waals surface area contributed by atoms with E-state index in [-0.39, 0.29) is 12.0 Å². The van der Waals surface area contributed by atoms with Gasteiger partial charge in [0.1, 0.15) is 23.8 Å². The molecule has 1 aromatic carbocycles. The van der Waals surface area contributed by atoms with E-state index in [2.05, 4.69) is 31.2 Å². The van der Waals surface area contributed by atoms with E-state index in [4.69, 9.17) is 0 Å². The minimum absolute atomic E-state index is 0.0692. The van der Waals surface area contributed by atoms with Gasteiger partial charge in [0.2, 0.25) is 0 Å². The quantitative estimate of drug-likeness (QED) is 0.942. The Hall–Kier alpha value is -1.56. The van der Waals surface area contributed by atoms with E-state index in [1.165, 1.54) is 18.5 Å². The first-order valence-electron chi connectivity index (χ1n) is 5.30. The van der Waals surface area contributed by atoms with E-state index in [9.17, 15) is 8.78 Å². The van der Waals surface area contributed by atoms with Crippen LogP contribution in [0.4, 0.5) is 14.6 Å². The molecular weight excluding hydrogens is 304 g/mol. The maximum Gasteiger partial charge on any atom is 0.130 e. The van der Waals surface area contributed by atoms with Crippen molar-refractivity contribution in [2.45, 2.75) is 6.42 Å². The molecule has 0 unspecified atom stereocenters. The highest BCUT2D eigenvalue weighted by molar-refractivity contribution is 9.10. The smallest absolute Gasteiger partial charge is 0.130 e. The molecule has 0 aliphatic heterocycles. The molecular formula is C12H10BrF2N3. The molecule has 94 valence electrons. The van der Waals surface area contributed by atoms with Crippen LogP contribution in [0.3, 0.4) is 0 Å². The molecule has 0 saturated carbocycles. The van der Waals surface area contributed by atoms with Crippen molar-refractivity contribution >= 4 is 21.7 Å². The molecule has 0 bridgehead atoms. The molecule has 6 heteroatoms. The van der Waals surface area contributed by atoms with Gasteiger partial charge in [-0.2, -0.15) is 0 Å². The minimum Gasteiger partial charge on any atom is -0.370 e. The Morgan fingerprint density at radius 3 is 2.56 bits per heavy atom. The third-order valence-corrected chi connectivity index (χ3v) is 2.83. The molecule has 0 saturated heterocycles. The Kier molecular flexibility index (Phi) is 4.19. The number of halogens is 3. The van der Waals surface area contributed by atoms with E-state index in [1.807, 2.05) is 0 Å². The van der Waals surface area contributed by atoms with Gasteiger partial charge in [-0.25, -0.2) is 18.7 Å². The summed E-state index contributed by atoms with van der Waals surface area (Å²) in [5, 5.41) is 2.97. The average Bonchev–Trinajstić information content (AvgIpc) is 2.34. The van der Waals surface area contributed by atoms with Crippen molar-refractivity contribution in [3.8, 4) is 0 Å². The number of rotatable bonds is 4. The molecule has 0 aliphatic rings. The zero-order chi connectivity index (χ0) is 13.0. The topological polar surface area (TPSA) is 37.8 Å². The fourth-order valence-corrected chi connectivity index (χ4v) is 1.92. The molecule has 2 rings (SSSR count). The Balaban J connectivity index is 1.99. The molecule has 1 N–H and O–H groups in total. The van der Waals surface area contributed by atoms with Gasteiger partial charge in [-0.3, -0.25) is 0 Å². The van der Waals surface area contributed by atoms with Crippen molar-refractivity contribution in [2.75, 3.05) is 11.9 Å². The van der Waals surface area contributed by atoms with Crippen LogP contribution in [-0.4, -0.2) is 16.5 Å². The molecule has 0 fully saturated rings. The van der Waals surface area contributed by atoms with Gasteiger partial charge in [-0.1, -0.05) is 15.9 Å². The molecule has 1 aromatic heterocycles. The molecule has 2 aromatic rings. The molecule has 1 heterocycles. The highest BCUT2D eigenvalue weighted by atomic mass is 79.9. The maximum atomic E-state index is 13.5. The third-order valence-electron chi connectivity index (χ3n) is 2.37. The van der Waals surface area contributed by atoms with Crippen molar-refractivity contribution < 1.29 is 8.78 Å². The maximum absolute atomic E-state index is 13.5. The second kappa shape index (κ2) is 5.86. The predicted octanol–water partition coefficient (Wildman–Crippen LogP) is 3.17. The van der Waals surface area contributed by atoms with Crippen molar-refractivity contribution in [2.24, 2.45) is 0 Å². The second-order valence-electron chi connectivity index (χ2n) is 3.62. The summed E-state index contributed by atoms with van der Waals surface area (Å²) >= 11 is 3.04. The van der Waals surface area contributed by atoms with Crippen LogP contribution < -0.4 is 5.32 Å². The van der Waals surface area contributed by atoms with Crippen LogP contribution in [0.15, 0.2) is 35.2 Å².